The van der Waals surface area contributed by atoms with Crippen LogP contribution in [0.3, 0.4) is 0 Å². The van der Waals surface area contributed by atoms with Gasteiger partial charge in [-0.1, -0.05) is 0 Å². The molecule has 2 atom stereocenters. The minimum atomic E-state index is -4.28. The van der Waals surface area contributed by atoms with Gasteiger partial charge in [0.15, 0.2) is 0 Å². The van der Waals surface area contributed by atoms with Gasteiger partial charge in [0.1, 0.15) is 12.7 Å². The Morgan fingerprint density at radius 3 is 2.21 bits per heavy atom. The second kappa shape index (κ2) is 9.83. The maximum Gasteiger partial charge on any atom is 0.268 e. The summed E-state index contributed by atoms with van der Waals surface area (Å²) in [6, 6.07) is 0. The fraction of sp³-hybridized carbons (Fsp3) is 1.00. The van der Waals surface area contributed by atoms with Crippen molar-refractivity contribution in [1.29, 1.82) is 0 Å². The van der Waals surface area contributed by atoms with Crippen LogP contribution in [0.4, 0.5) is 0 Å². The molecule has 0 spiro atoms. The lowest BCUT2D eigenvalue weighted by molar-refractivity contribution is -0.373. The molecule has 0 aromatic heterocycles. The second-order valence-electron chi connectivity index (χ2n) is 4.62. The number of quaternary nitrogens is 1. The smallest absolute Gasteiger partial charge is 0.268 e. The molecule has 0 radical (unpaired) electrons. The van der Waals surface area contributed by atoms with Crippen molar-refractivity contribution in [2.45, 2.75) is 46.0 Å². The van der Waals surface area contributed by atoms with E-state index in [1.54, 1.807) is 0 Å². The van der Waals surface area contributed by atoms with Gasteiger partial charge in [-0.05, 0) is 27.7 Å². The molecular weight excluding hydrogens is 273 g/mol. The quantitative estimate of drug-likeness (QED) is 0.536. The van der Waals surface area contributed by atoms with Crippen molar-refractivity contribution in [3.63, 3.8) is 0 Å². The van der Waals surface area contributed by atoms with Gasteiger partial charge in [-0.25, -0.2) is 0 Å². The van der Waals surface area contributed by atoms with Gasteiger partial charge < -0.3 is 29.1 Å². The third kappa shape index (κ3) is 11.5. The zero-order chi connectivity index (χ0) is 14.9. The van der Waals surface area contributed by atoms with Crippen LogP contribution >= 0.6 is 7.82 Å². The van der Waals surface area contributed by atoms with Crippen molar-refractivity contribution in [2.24, 2.45) is 0 Å². The predicted molar refractivity (Wildman–Crippen MR) is 68.4 cm³/mol. The number of phosphoric ester groups is 1. The van der Waals surface area contributed by atoms with E-state index in [1.165, 1.54) is 0 Å². The molecule has 7 nitrogen and oxygen atoms in total. The Morgan fingerprint density at radius 1 is 1.11 bits per heavy atom. The Balaban J connectivity index is 4.19. The molecular formula is C11H26NO6P. The Kier molecular flexibility index (Phi) is 9.82. The molecule has 0 aromatic carbocycles. The van der Waals surface area contributed by atoms with Crippen molar-refractivity contribution in [3.8, 4) is 0 Å². The summed E-state index contributed by atoms with van der Waals surface area (Å²) in [5.74, 6) is 0. The molecule has 0 heterocycles. The Labute approximate surface area is 115 Å². The summed E-state index contributed by atoms with van der Waals surface area (Å²) in [6.45, 7) is 8.02. The van der Waals surface area contributed by atoms with Crippen molar-refractivity contribution < 1.29 is 33.7 Å². The molecule has 116 valence electrons. The lowest BCUT2D eigenvalue weighted by atomic mass is 10.3. The minimum Gasteiger partial charge on any atom is -0.756 e. The van der Waals surface area contributed by atoms with Gasteiger partial charge in [-0.15, -0.1) is 0 Å². The van der Waals surface area contributed by atoms with Crippen molar-refractivity contribution in [1.82, 2.24) is 0 Å². The van der Waals surface area contributed by atoms with Crippen LogP contribution in [0.25, 0.3) is 0 Å². The lowest BCUT2D eigenvalue weighted by Gasteiger charge is -2.26. The van der Waals surface area contributed by atoms with E-state index in [2.05, 4.69) is 10.3 Å². The van der Waals surface area contributed by atoms with E-state index in [4.69, 9.17) is 14.0 Å². The van der Waals surface area contributed by atoms with Gasteiger partial charge in [0.2, 0.25) is 0 Å². The molecule has 0 fully saturated rings. The molecule has 0 aliphatic carbocycles. The predicted octanol–water partition coefficient (Wildman–Crippen LogP) is -0.0515. The van der Waals surface area contributed by atoms with E-state index in [9.17, 15) is 9.46 Å². The molecule has 8 heteroatoms. The molecule has 0 aliphatic rings. The van der Waals surface area contributed by atoms with Gasteiger partial charge in [-0.2, -0.15) is 0 Å². The van der Waals surface area contributed by atoms with Gasteiger partial charge in [0, 0.05) is 0 Å². The fourth-order valence-corrected chi connectivity index (χ4v) is 1.98. The van der Waals surface area contributed by atoms with Crippen LogP contribution in [-0.2, 0) is 23.1 Å². The molecule has 19 heavy (non-hydrogen) atoms. The van der Waals surface area contributed by atoms with Crippen molar-refractivity contribution >= 4 is 7.82 Å². The average Bonchev–Trinajstić information content (AvgIpc) is 2.29. The molecule has 0 saturated carbocycles. The van der Waals surface area contributed by atoms with Crippen LogP contribution in [0.1, 0.15) is 27.7 Å². The molecule has 0 bridgehead atoms. The molecule has 3 N–H and O–H groups in total. The van der Waals surface area contributed by atoms with Gasteiger partial charge in [0.05, 0.1) is 32.0 Å². The third-order valence-electron chi connectivity index (χ3n) is 1.89. The standard InChI is InChI=1S/C11H26NO6P/c1-9(2)15-7-11(18-10(3)4)8-17-19(13,14)16-6-5-12/h9-11H,5-8,12H2,1-4H3,(H,13,14)/t11-/m1/s1. The summed E-state index contributed by atoms with van der Waals surface area (Å²) in [5, 5.41) is 0. The molecule has 0 rings (SSSR count). The molecule has 0 saturated heterocycles. The van der Waals surface area contributed by atoms with Crippen LogP contribution in [-0.4, -0.2) is 44.7 Å². The zero-order valence-electron chi connectivity index (χ0n) is 12.2. The molecule has 0 aliphatic heterocycles. The maximum atomic E-state index is 11.4. The summed E-state index contributed by atoms with van der Waals surface area (Å²) in [5.41, 5.74) is 3.49. The fourth-order valence-electron chi connectivity index (χ4n) is 1.20. The van der Waals surface area contributed by atoms with Gasteiger partial charge in [0.25, 0.3) is 7.82 Å². The highest BCUT2D eigenvalue weighted by atomic mass is 31.2. The van der Waals surface area contributed by atoms with Crippen molar-refractivity contribution in [2.75, 3.05) is 26.4 Å². The third-order valence-corrected chi connectivity index (χ3v) is 2.86. The molecule has 0 aromatic rings. The SMILES string of the molecule is CC(C)OC[C@H](COP(=O)([O-])OCC[NH3+])OC(C)C. The lowest BCUT2D eigenvalue weighted by Crippen LogP contribution is -2.52. The highest BCUT2D eigenvalue weighted by Crippen LogP contribution is 2.38. The van der Waals surface area contributed by atoms with Gasteiger partial charge >= 0.3 is 0 Å². The monoisotopic (exact) mass is 299 g/mol. The van der Waals surface area contributed by atoms with Crippen LogP contribution in [0.15, 0.2) is 0 Å². The first-order valence-corrected chi connectivity index (χ1v) is 7.89. The largest absolute Gasteiger partial charge is 0.756 e. The van der Waals surface area contributed by atoms with Crippen LogP contribution < -0.4 is 10.6 Å². The number of hydrogen-bond acceptors (Lipinski definition) is 6. The number of phosphoric acid groups is 1. The first-order valence-electron chi connectivity index (χ1n) is 6.43. The summed E-state index contributed by atoms with van der Waals surface area (Å²) < 4.78 is 31.7. The Morgan fingerprint density at radius 2 is 1.74 bits per heavy atom. The summed E-state index contributed by atoms with van der Waals surface area (Å²) >= 11 is 0. The first kappa shape index (κ1) is 19.0. The van der Waals surface area contributed by atoms with E-state index < -0.39 is 13.9 Å². The minimum absolute atomic E-state index is 0.0129. The second-order valence-corrected chi connectivity index (χ2v) is 6.03. The van der Waals surface area contributed by atoms with Crippen LogP contribution in [0, 0.1) is 0 Å². The zero-order valence-corrected chi connectivity index (χ0v) is 13.1. The summed E-state index contributed by atoms with van der Waals surface area (Å²) in [6.07, 6.45) is -0.455. The molecule has 1 unspecified atom stereocenters. The van der Waals surface area contributed by atoms with Crippen LogP contribution in [0.2, 0.25) is 0 Å². The Bertz CT molecular complexity index is 274. The average molecular weight is 299 g/mol. The summed E-state index contributed by atoms with van der Waals surface area (Å²) in [7, 11) is -4.28. The molecule has 0 amide bonds. The highest BCUT2D eigenvalue weighted by Gasteiger charge is 2.17. The topological polar surface area (TPSA) is 105 Å². The Hall–Kier alpha value is -0.0100. The van der Waals surface area contributed by atoms with Gasteiger partial charge in [-0.3, -0.25) is 4.57 Å². The van der Waals surface area contributed by atoms with E-state index in [1.807, 2.05) is 27.7 Å². The number of rotatable bonds is 11. The van der Waals surface area contributed by atoms with E-state index in [-0.39, 0.29) is 32.0 Å². The normalized spacial score (nSPS) is 16.8. The number of ether oxygens (including phenoxy) is 2. The maximum absolute atomic E-state index is 11.4. The highest BCUT2D eigenvalue weighted by molar-refractivity contribution is 7.45. The first-order chi connectivity index (χ1) is 8.76. The number of hydrogen-bond donors (Lipinski definition) is 1. The van der Waals surface area contributed by atoms with E-state index in [0.29, 0.717) is 6.54 Å². The summed E-state index contributed by atoms with van der Waals surface area (Å²) in [4.78, 5) is 11.4. The van der Waals surface area contributed by atoms with E-state index >= 15 is 0 Å². The van der Waals surface area contributed by atoms with E-state index in [0.717, 1.165) is 0 Å². The van der Waals surface area contributed by atoms with Crippen molar-refractivity contribution in [3.05, 3.63) is 0 Å². The van der Waals surface area contributed by atoms with Crippen LogP contribution in [0.5, 0.6) is 0 Å².